The van der Waals surface area contributed by atoms with Gasteiger partial charge in [0.2, 0.25) is 0 Å². The molecule has 0 N–H and O–H groups in total. The lowest BCUT2D eigenvalue weighted by atomic mass is 10.2. The van der Waals surface area contributed by atoms with Crippen molar-refractivity contribution < 1.29 is 9.18 Å². The van der Waals surface area contributed by atoms with Crippen molar-refractivity contribution in [3.63, 3.8) is 0 Å². The molecule has 0 aliphatic rings. The first kappa shape index (κ1) is 16.3. The maximum Gasteiger partial charge on any atom is 0.255 e. The van der Waals surface area contributed by atoms with Gasteiger partial charge in [-0.1, -0.05) is 12.1 Å². The molecule has 4 nitrogen and oxygen atoms in total. The van der Waals surface area contributed by atoms with E-state index in [1.54, 1.807) is 41.9 Å². The van der Waals surface area contributed by atoms with Crippen molar-refractivity contribution >= 4 is 17.2 Å². The van der Waals surface area contributed by atoms with Crippen LogP contribution in [0.4, 0.5) is 4.39 Å². The van der Waals surface area contributed by atoms with Gasteiger partial charge in [0.15, 0.2) is 0 Å². The van der Waals surface area contributed by atoms with Crippen molar-refractivity contribution in [3.05, 3.63) is 70.7 Å². The molecule has 0 fully saturated rings. The van der Waals surface area contributed by atoms with Gasteiger partial charge in [0.1, 0.15) is 5.82 Å². The van der Waals surface area contributed by atoms with E-state index in [2.05, 4.69) is 9.97 Å². The third-order valence-electron chi connectivity index (χ3n) is 3.67. The molecule has 1 amide bonds. The lowest BCUT2D eigenvalue weighted by Gasteiger charge is -2.17. The smallest absolute Gasteiger partial charge is 0.255 e. The van der Waals surface area contributed by atoms with Gasteiger partial charge in [-0.05, 0) is 36.8 Å². The van der Waals surface area contributed by atoms with Crippen LogP contribution < -0.4 is 0 Å². The number of thiazole rings is 1. The molecular weight excluding hydrogens is 325 g/mol. The van der Waals surface area contributed by atoms with Gasteiger partial charge >= 0.3 is 0 Å². The van der Waals surface area contributed by atoms with E-state index >= 15 is 0 Å². The summed E-state index contributed by atoms with van der Waals surface area (Å²) in [5.41, 5.74) is 4.91. The summed E-state index contributed by atoms with van der Waals surface area (Å²) in [6, 6.07) is 9.73. The summed E-state index contributed by atoms with van der Waals surface area (Å²) in [4.78, 5) is 23.7. The summed E-state index contributed by atoms with van der Waals surface area (Å²) in [5.74, 6) is -0.412. The molecule has 0 bridgehead atoms. The summed E-state index contributed by atoms with van der Waals surface area (Å²) in [5, 5.41) is 0. The molecule has 1 aromatic carbocycles. The molecule has 0 unspecified atom stereocenters. The van der Waals surface area contributed by atoms with E-state index in [1.165, 1.54) is 23.5 Å². The fourth-order valence-corrected chi connectivity index (χ4v) is 3.14. The highest BCUT2D eigenvalue weighted by Crippen LogP contribution is 2.25. The van der Waals surface area contributed by atoms with Crippen LogP contribution in [0.5, 0.6) is 0 Å². The Balaban J connectivity index is 1.72. The molecule has 122 valence electrons. The van der Waals surface area contributed by atoms with Crippen LogP contribution in [-0.4, -0.2) is 27.8 Å². The van der Waals surface area contributed by atoms with E-state index in [-0.39, 0.29) is 11.7 Å². The Bertz CT molecular complexity index is 843. The topological polar surface area (TPSA) is 46.1 Å². The third-order valence-corrected chi connectivity index (χ3v) is 4.62. The highest BCUT2D eigenvalue weighted by atomic mass is 32.1. The monoisotopic (exact) mass is 341 g/mol. The molecule has 2 aromatic heterocycles. The number of hydrogen-bond donors (Lipinski definition) is 0. The van der Waals surface area contributed by atoms with Crippen LogP contribution in [0.3, 0.4) is 0 Å². The second kappa shape index (κ2) is 6.88. The summed E-state index contributed by atoms with van der Waals surface area (Å²) in [6.07, 6.45) is 1.58. The van der Waals surface area contributed by atoms with Gasteiger partial charge in [-0.2, -0.15) is 0 Å². The van der Waals surface area contributed by atoms with Crippen molar-refractivity contribution in [1.29, 1.82) is 0 Å². The van der Waals surface area contributed by atoms with Crippen LogP contribution in [0.2, 0.25) is 0 Å². The largest absolute Gasteiger partial charge is 0.337 e. The number of aromatic nitrogens is 2. The minimum Gasteiger partial charge on any atom is -0.337 e. The van der Waals surface area contributed by atoms with Crippen molar-refractivity contribution in [1.82, 2.24) is 14.9 Å². The molecule has 2 heterocycles. The van der Waals surface area contributed by atoms with Crippen molar-refractivity contribution in [2.24, 2.45) is 0 Å². The number of hydrogen-bond acceptors (Lipinski definition) is 4. The number of carbonyl (C=O) groups is 1. The average Bonchev–Trinajstić information content (AvgIpc) is 3.02. The lowest BCUT2D eigenvalue weighted by Crippen LogP contribution is -2.26. The van der Waals surface area contributed by atoms with E-state index < -0.39 is 0 Å². The number of rotatable bonds is 4. The molecular formula is C18H16FN3OS. The maximum atomic E-state index is 12.9. The summed E-state index contributed by atoms with van der Waals surface area (Å²) in [7, 11) is 1.72. The van der Waals surface area contributed by atoms with E-state index in [9.17, 15) is 9.18 Å². The zero-order valence-corrected chi connectivity index (χ0v) is 14.2. The Labute approximate surface area is 143 Å². The number of halogens is 1. The van der Waals surface area contributed by atoms with E-state index in [1.807, 2.05) is 13.0 Å². The van der Waals surface area contributed by atoms with Gasteiger partial charge in [-0.3, -0.25) is 9.78 Å². The lowest BCUT2D eigenvalue weighted by molar-refractivity contribution is 0.0784. The first-order valence-electron chi connectivity index (χ1n) is 7.41. The Morgan fingerprint density at radius 3 is 2.50 bits per heavy atom. The quantitative estimate of drug-likeness (QED) is 0.722. The van der Waals surface area contributed by atoms with Crippen LogP contribution >= 0.6 is 11.3 Å². The number of carbonyl (C=O) groups excluding carboxylic acids is 1. The van der Waals surface area contributed by atoms with Crippen molar-refractivity contribution in [2.75, 3.05) is 7.05 Å². The average molecular weight is 341 g/mol. The highest BCUT2D eigenvalue weighted by molar-refractivity contribution is 7.13. The number of nitrogens with zero attached hydrogens (tertiary/aromatic N) is 3. The fraction of sp³-hybridized carbons (Fsp3) is 0.167. The van der Waals surface area contributed by atoms with Crippen LogP contribution in [0, 0.1) is 12.7 Å². The van der Waals surface area contributed by atoms with Crippen molar-refractivity contribution in [3.8, 4) is 10.6 Å². The molecule has 0 aliphatic carbocycles. The van der Waals surface area contributed by atoms with Crippen LogP contribution in [0.25, 0.3) is 10.6 Å². The molecule has 6 heteroatoms. The molecule has 0 saturated carbocycles. The third kappa shape index (κ3) is 3.49. The number of pyridine rings is 1. The van der Waals surface area contributed by atoms with Crippen molar-refractivity contribution in [2.45, 2.75) is 13.5 Å². The normalized spacial score (nSPS) is 10.6. The first-order chi connectivity index (χ1) is 11.5. The minimum absolute atomic E-state index is 0.126. The predicted octanol–water partition coefficient (Wildman–Crippen LogP) is 3.92. The van der Waals surface area contributed by atoms with Gasteiger partial charge in [0.25, 0.3) is 5.91 Å². The van der Waals surface area contributed by atoms with Crippen LogP contribution in [-0.2, 0) is 6.54 Å². The fourth-order valence-electron chi connectivity index (χ4n) is 2.36. The Kier molecular flexibility index (Phi) is 4.66. The second-order valence-electron chi connectivity index (χ2n) is 5.49. The second-order valence-corrected chi connectivity index (χ2v) is 6.34. The highest BCUT2D eigenvalue weighted by Gasteiger charge is 2.14. The summed E-state index contributed by atoms with van der Waals surface area (Å²) in [6.45, 7) is 2.35. The van der Waals surface area contributed by atoms with Gasteiger partial charge in [-0.15, -0.1) is 11.3 Å². The molecule has 0 aliphatic heterocycles. The number of benzene rings is 1. The van der Waals surface area contributed by atoms with E-state index in [0.717, 1.165) is 21.8 Å². The summed E-state index contributed by atoms with van der Waals surface area (Å²) >= 11 is 1.53. The van der Waals surface area contributed by atoms with Gasteiger partial charge in [0, 0.05) is 19.8 Å². The Morgan fingerprint density at radius 1 is 1.17 bits per heavy atom. The first-order valence-corrected chi connectivity index (χ1v) is 8.29. The molecule has 3 aromatic rings. The van der Waals surface area contributed by atoms with E-state index in [0.29, 0.717) is 12.1 Å². The zero-order chi connectivity index (χ0) is 17.1. The van der Waals surface area contributed by atoms with E-state index in [4.69, 9.17) is 0 Å². The molecule has 3 rings (SSSR count). The van der Waals surface area contributed by atoms with Gasteiger partial charge in [-0.25, -0.2) is 9.37 Å². The Hall–Kier alpha value is -2.60. The van der Waals surface area contributed by atoms with Crippen LogP contribution in [0.15, 0.2) is 48.1 Å². The maximum absolute atomic E-state index is 12.9. The molecule has 0 radical (unpaired) electrons. The molecule has 24 heavy (non-hydrogen) atoms. The molecule has 0 atom stereocenters. The van der Waals surface area contributed by atoms with Crippen LogP contribution in [0.1, 0.15) is 21.6 Å². The molecule has 0 saturated heterocycles. The standard InChI is InChI=1S/C18H16FN3OS/c1-12-17(24-11-21-12)16-8-5-14(9-20-16)18(23)22(2)10-13-3-6-15(19)7-4-13/h3-9,11H,10H2,1-2H3. The summed E-state index contributed by atoms with van der Waals surface area (Å²) < 4.78 is 12.9. The number of aryl methyl sites for hydroxylation is 1. The van der Waals surface area contributed by atoms with Gasteiger partial charge in [0.05, 0.1) is 27.3 Å². The minimum atomic E-state index is -0.286. The number of amides is 1. The molecule has 0 spiro atoms. The zero-order valence-electron chi connectivity index (χ0n) is 13.4. The SMILES string of the molecule is Cc1ncsc1-c1ccc(C(=O)N(C)Cc2ccc(F)cc2)cn1. The predicted molar refractivity (Wildman–Crippen MR) is 92.3 cm³/mol. The van der Waals surface area contributed by atoms with Gasteiger partial charge < -0.3 is 4.90 Å². The Morgan fingerprint density at radius 2 is 1.92 bits per heavy atom.